The van der Waals surface area contributed by atoms with Gasteiger partial charge in [-0.15, -0.1) is 0 Å². The van der Waals surface area contributed by atoms with Crippen molar-refractivity contribution in [1.82, 2.24) is 4.90 Å². The van der Waals surface area contributed by atoms with Crippen LogP contribution in [0.4, 0.5) is 4.79 Å². The van der Waals surface area contributed by atoms with E-state index in [1.54, 1.807) is 4.90 Å². The Kier molecular flexibility index (Phi) is 4.13. The highest BCUT2D eigenvalue weighted by atomic mass is 16.4. The Morgan fingerprint density at radius 3 is 2.63 bits per heavy atom. The number of hydrogen-bond donors (Lipinski definition) is 1. The van der Waals surface area contributed by atoms with Gasteiger partial charge in [-0.3, -0.25) is 0 Å². The van der Waals surface area contributed by atoms with E-state index in [1.165, 1.54) is 6.42 Å². The van der Waals surface area contributed by atoms with Gasteiger partial charge in [-0.05, 0) is 30.2 Å². The van der Waals surface area contributed by atoms with Crippen LogP contribution >= 0.6 is 0 Å². The van der Waals surface area contributed by atoms with Gasteiger partial charge < -0.3 is 10.0 Å². The van der Waals surface area contributed by atoms with E-state index in [9.17, 15) is 9.90 Å². The number of nitrogens with zero attached hydrogens (tertiary/aromatic N) is 1. The molecule has 0 aromatic heterocycles. The third-order valence-corrected chi connectivity index (χ3v) is 4.06. The predicted molar refractivity (Wildman–Crippen MR) is 76.0 cm³/mol. The fourth-order valence-corrected chi connectivity index (χ4v) is 3.06. The van der Waals surface area contributed by atoms with Crippen LogP contribution in [0, 0.1) is 5.41 Å². The van der Waals surface area contributed by atoms with E-state index in [2.05, 4.69) is 13.8 Å². The van der Waals surface area contributed by atoms with Crippen LogP contribution in [0.2, 0.25) is 0 Å². The Labute approximate surface area is 115 Å². The zero-order valence-electron chi connectivity index (χ0n) is 11.8. The quantitative estimate of drug-likeness (QED) is 0.888. The van der Waals surface area contributed by atoms with Gasteiger partial charge in [0.25, 0.3) is 0 Å². The summed E-state index contributed by atoms with van der Waals surface area (Å²) in [5, 5.41) is 9.48. The summed E-state index contributed by atoms with van der Waals surface area (Å²) in [6, 6.07) is 10.0. The van der Waals surface area contributed by atoms with E-state index in [0.29, 0.717) is 6.54 Å². The fourth-order valence-electron chi connectivity index (χ4n) is 3.06. The maximum absolute atomic E-state index is 11.5. The first-order valence-corrected chi connectivity index (χ1v) is 7.01. The lowest BCUT2D eigenvalue weighted by Crippen LogP contribution is -2.43. The molecule has 1 aromatic carbocycles. The Morgan fingerprint density at radius 2 is 2.05 bits per heavy atom. The molecule has 1 aliphatic rings. The number of hydrogen-bond acceptors (Lipinski definition) is 1. The van der Waals surface area contributed by atoms with Crippen LogP contribution in [0.15, 0.2) is 30.3 Å². The Hall–Kier alpha value is -1.51. The molecule has 1 atom stereocenters. The van der Waals surface area contributed by atoms with Crippen LogP contribution in [0.1, 0.15) is 45.1 Å². The van der Waals surface area contributed by atoms with E-state index < -0.39 is 6.09 Å². The van der Waals surface area contributed by atoms with Gasteiger partial charge in [-0.25, -0.2) is 4.79 Å². The minimum Gasteiger partial charge on any atom is -0.465 e. The predicted octanol–water partition coefficient (Wildman–Crippen LogP) is 4.14. The lowest BCUT2D eigenvalue weighted by molar-refractivity contribution is 0.0777. The summed E-state index contributed by atoms with van der Waals surface area (Å²) in [6.45, 7) is 4.97. The highest BCUT2D eigenvalue weighted by Crippen LogP contribution is 2.37. The van der Waals surface area contributed by atoms with Crippen LogP contribution in [-0.2, 0) is 6.54 Å². The van der Waals surface area contributed by atoms with Gasteiger partial charge in [0.1, 0.15) is 0 Å². The fraction of sp³-hybridized carbons (Fsp3) is 0.562. The van der Waals surface area contributed by atoms with Crippen LogP contribution in [0.3, 0.4) is 0 Å². The van der Waals surface area contributed by atoms with Crippen molar-refractivity contribution >= 4 is 6.09 Å². The molecule has 1 saturated carbocycles. The van der Waals surface area contributed by atoms with Crippen LogP contribution < -0.4 is 0 Å². The molecular formula is C16H23NO2. The summed E-state index contributed by atoms with van der Waals surface area (Å²) in [5.41, 5.74) is 1.32. The molecule has 1 amide bonds. The first-order chi connectivity index (χ1) is 8.98. The molecule has 0 heterocycles. The zero-order chi connectivity index (χ0) is 13.9. The topological polar surface area (TPSA) is 40.5 Å². The molecule has 0 spiro atoms. The molecule has 104 valence electrons. The number of carbonyl (C=O) groups is 1. The van der Waals surface area contributed by atoms with Crippen molar-refractivity contribution < 1.29 is 9.90 Å². The van der Waals surface area contributed by atoms with Crippen LogP contribution in [-0.4, -0.2) is 22.1 Å². The largest absolute Gasteiger partial charge is 0.465 e. The van der Waals surface area contributed by atoms with Gasteiger partial charge >= 0.3 is 6.09 Å². The molecular weight excluding hydrogens is 238 g/mol. The molecule has 0 aliphatic heterocycles. The molecule has 2 rings (SSSR count). The Morgan fingerprint density at radius 1 is 1.37 bits per heavy atom. The normalized spacial score (nSPS) is 21.9. The maximum atomic E-state index is 11.5. The Bertz CT molecular complexity index is 428. The molecule has 1 N–H and O–H groups in total. The molecule has 0 saturated heterocycles. The molecule has 0 bridgehead atoms. The molecule has 3 nitrogen and oxygen atoms in total. The van der Waals surface area contributed by atoms with Gasteiger partial charge in [0, 0.05) is 12.6 Å². The SMILES string of the molecule is CC1(C)CCC[C@@H](N(Cc2ccccc2)C(=O)O)C1. The van der Waals surface area contributed by atoms with Crippen molar-refractivity contribution in [2.24, 2.45) is 5.41 Å². The van der Waals surface area contributed by atoms with Crippen molar-refractivity contribution in [3.05, 3.63) is 35.9 Å². The second-order valence-corrected chi connectivity index (χ2v) is 6.31. The minimum atomic E-state index is -0.799. The zero-order valence-corrected chi connectivity index (χ0v) is 11.8. The van der Waals surface area contributed by atoms with Crippen molar-refractivity contribution in [3.8, 4) is 0 Å². The van der Waals surface area contributed by atoms with E-state index >= 15 is 0 Å². The standard InChI is InChI=1S/C16H23NO2/c1-16(2)10-6-9-14(11-16)17(15(18)19)12-13-7-4-3-5-8-13/h3-5,7-8,14H,6,9-12H2,1-2H3,(H,18,19)/t14-/m1/s1. The molecule has 0 radical (unpaired) electrons. The molecule has 3 heteroatoms. The third kappa shape index (κ3) is 3.72. The number of carboxylic acid groups (broad SMARTS) is 1. The van der Waals surface area contributed by atoms with Crippen molar-refractivity contribution in [3.63, 3.8) is 0 Å². The van der Waals surface area contributed by atoms with Crippen molar-refractivity contribution in [2.75, 3.05) is 0 Å². The van der Waals surface area contributed by atoms with Gasteiger partial charge in [0.2, 0.25) is 0 Å². The molecule has 1 aromatic rings. The smallest absolute Gasteiger partial charge is 0.407 e. The van der Waals surface area contributed by atoms with E-state index in [1.807, 2.05) is 30.3 Å². The summed E-state index contributed by atoms with van der Waals surface area (Å²) < 4.78 is 0. The van der Waals surface area contributed by atoms with Gasteiger partial charge in [0.15, 0.2) is 0 Å². The third-order valence-electron chi connectivity index (χ3n) is 4.06. The van der Waals surface area contributed by atoms with Gasteiger partial charge in [-0.2, -0.15) is 0 Å². The lowest BCUT2D eigenvalue weighted by atomic mass is 9.74. The summed E-state index contributed by atoms with van der Waals surface area (Å²) >= 11 is 0. The Balaban J connectivity index is 2.10. The summed E-state index contributed by atoms with van der Waals surface area (Å²) in [7, 11) is 0. The summed E-state index contributed by atoms with van der Waals surface area (Å²) in [5.74, 6) is 0. The molecule has 1 aliphatic carbocycles. The molecule has 0 unspecified atom stereocenters. The minimum absolute atomic E-state index is 0.154. The summed E-state index contributed by atoms with van der Waals surface area (Å²) in [6.07, 6.45) is 3.47. The van der Waals surface area contributed by atoms with E-state index in [-0.39, 0.29) is 11.5 Å². The first kappa shape index (κ1) is 13.9. The van der Waals surface area contributed by atoms with Gasteiger partial charge in [-0.1, -0.05) is 50.6 Å². The number of benzene rings is 1. The van der Waals surface area contributed by atoms with Gasteiger partial charge in [0.05, 0.1) is 0 Å². The average Bonchev–Trinajstić information content (AvgIpc) is 2.35. The monoisotopic (exact) mass is 261 g/mol. The highest BCUT2D eigenvalue weighted by Gasteiger charge is 2.33. The second kappa shape index (κ2) is 5.64. The second-order valence-electron chi connectivity index (χ2n) is 6.31. The van der Waals surface area contributed by atoms with Crippen LogP contribution in [0.5, 0.6) is 0 Å². The maximum Gasteiger partial charge on any atom is 0.407 e. The number of rotatable bonds is 3. The van der Waals surface area contributed by atoms with Crippen molar-refractivity contribution in [2.45, 2.75) is 52.1 Å². The molecule has 1 fully saturated rings. The highest BCUT2D eigenvalue weighted by molar-refractivity contribution is 5.65. The van der Waals surface area contributed by atoms with E-state index in [4.69, 9.17) is 0 Å². The van der Waals surface area contributed by atoms with Crippen molar-refractivity contribution in [1.29, 1.82) is 0 Å². The van der Waals surface area contributed by atoms with Crippen LogP contribution in [0.25, 0.3) is 0 Å². The number of amides is 1. The lowest BCUT2D eigenvalue weighted by Gasteiger charge is -2.40. The average molecular weight is 261 g/mol. The first-order valence-electron chi connectivity index (χ1n) is 7.01. The molecule has 19 heavy (non-hydrogen) atoms. The van der Waals surface area contributed by atoms with E-state index in [0.717, 1.165) is 24.8 Å². The summed E-state index contributed by atoms with van der Waals surface area (Å²) in [4.78, 5) is 13.2.